The molecule has 0 unspecified atom stereocenters. The van der Waals surface area contributed by atoms with E-state index in [1.165, 1.54) is 0 Å². The van der Waals surface area contributed by atoms with Crippen molar-refractivity contribution in [3.05, 3.63) is 35.9 Å². The first-order valence-corrected chi connectivity index (χ1v) is 9.06. The third-order valence-electron chi connectivity index (χ3n) is 4.89. The van der Waals surface area contributed by atoms with E-state index < -0.39 is 12.1 Å². The Bertz CT molecular complexity index is 632. The maximum Gasteiger partial charge on any atom is 0.245 e. The Morgan fingerprint density at radius 3 is 2.72 bits per heavy atom. The van der Waals surface area contributed by atoms with E-state index in [2.05, 4.69) is 10.6 Å². The first kappa shape index (κ1) is 17.5. The summed E-state index contributed by atoms with van der Waals surface area (Å²) in [5.74, 6) is -0.322. The summed E-state index contributed by atoms with van der Waals surface area (Å²) in [5.41, 5.74) is 1.02. The number of carbonyl (C=O) groups is 3. The van der Waals surface area contributed by atoms with Gasteiger partial charge in [0.05, 0.1) is 0 Å². The fourth-order valence-electron chi connectivity index (χ4n) is 3.54. The molecule has 0 aromatic heterocycles. The average molecular weight is 343 g/mol. The summed E-state index contributed by atoms with van der Waals surface area (Å²) in [6.45, 7) is 1.10. The second kappa shape index (κ2) is 8.14. The van der Waals surface area contributed by atoms with Gasteiger partial charge in [0, 0.05) is 25.9 Å². The second-order valence-electron chi connectivity index (χ2n) is 6.75. The van der Waals surface area contributed by atoms with E-state index in [1.54, 1.807) is 4.90 Å². The highest BCUT2D eigenvalue weighted by Crippen LogP contribution is 2.17. The fourth-order valence-corrected chi connectivity index (χ4v) is 3.54. The minimum absolute atomic E-state index is 0.0743. The van der Waals surface area contributed by atoms with Crippen LogP contribution in [0, 0.1) is 0 Å². The summed E-state index contributed by atoms with van der Waals surface area (Å²) in [7, 11) is 0. The first-order chi connectivity index (χ1) is 12.1. The Morgan fingerprint density at radius 2 is 1.92 bits per heavy atom. The van der Waals surface area contributed by atoms with Gasteiger partial charge in [-0.15, -0.1) is 0 Å². The lowest BCUT2D eigenvalue weighted by atomic mass is 10.0. The zero-order valence-electron chi connectivity index (χ0n) is 14.4. The van der Waals surface area contributed by atoms with Crippen LogP contribution in [0.3, 0.4) is 0 Å². The number of benzene rings is 1. The van der Waals surface area contributed by atoms with E-state index in [4.69, 9.17) is 0 Å². The first-order valence-electron chi connectivity index (χ1n) is 9.06. The molecular weight excluding hydrogens is 318 g/mol. The lowest BCUT2D eigenvalue weighted by molar-refractivity contribution is -0.142. The van der Waals surface area contributed by atoms with Gasteiger partial charge in [-0.05, 0) is 24.8 Å². The Morgan fingerprint density at radius 1 is 1.12 bits per heavy atom. The van der Waals surface area contributed by atoms with E-state index in [9.17, 15) is 14.4 Å². The summed E-state index contributed by atoms with van der Waals surface area (Å²) < 4.78 is 0. The molecule has 2 fully saturated rings. The monoisotopic (exact) mass is 343 g/mol. The molecular formula is C19H25N3O3. The molecule has 2 aliphatic rings. The second-order valence-corrected chi connectivity index (χ2v) is 6.75. The highest BCUT2D eigenvalue weighted by atomic mass is 16.2. The van der Waals surface area contributed by atoms with Crippen molar-refractivity contribution in [2.45, 2.75) is 50.6 Å². The van der Waals surface area contributed by atoms with Gasteiger partial charge in [0.2, 0.25) is 17.7 Å². The topological polar surface area (TPSA) is 78.5 Å². The third-order valence-corrected chi connectivity index (χ3v) is 4.89. The lowest BCUT2D eigenvalue weighted by Crippen LogP contribution is -2.55. The highest BCUT2D eigenvalue weighted by molar-refractivity contribution is 5.92. The number of nitrogens with one attached hydrogen (secondary N) is 2. The average Bonchev–Trinajstić information content (AvgIpc) is 2.94. The van der Waals surface area contributed by atoms with Crippen LogP contribution in [0.1, 0.15) is 37.7 Å². The minimum atomic E-state index is -0.530. The smallest absolute Gasteiger partial charge is 0.245 e. The van der Waals surface area contributed by atoms with E-state index in [0.717, 1.165) is 24.8 Å². The van der Waals surface area contributed by atoms with Gasteiger partial charge in [-0.1, -0.05) is 36.8 Å². The number of hydrogen-bond acceptors (Lipinski definition) is 3. The summed E-state index contributed by atoms with van der Waals surface area (Å²) in [6, 6.07) is 8.68. The molecule has 2 saturated heterocycles. The molecule has 0 aliphatic carbocycles. The van der Waals surface area contributed by atoms with Crippen molar-refractivity contribution in [1.29, 1.82) is 0 Å². The maximum absolute atomic E-state index is 13.1. The summed E-state index contributed by atoms with van der Waals surface area (Å²) in [5, 5.41) is 5.74. The van der Waals surface area contributed by atoms with Crippen molar-refractivity contribution in [1.82, 2.24) is 15.5 Å². The van der Waals surface area contributed by atoms with E-state index in [-0.39, 0.29) is 17.7 Å². The van der Waals surface area contributed by atoms with Crippen LogP contribution in [-0.4, -0.2) is 47.8 Å². The van der Waals surface area contributed by atoms with E-state index in [0.29, 0.717) is 32.4 Å². The van der Waals surface area contributed by atoms with Gasteiger partial charge in [-0.3, -0.25) is 14.4 Å². The zero-order valence-corrected chi connectivity index (χ0v) is 14.4. The van der Waals surface area contributed by atoms with E-state index >= 15 is 0 Å². The predicted octanol–water partition coefficient (Wildman–Crippen LogP) is 1.01. The molecule has 134 valence electrons. The van der Waals surface area contributed by atoms with Gasteiger partial charge < -0.3 is 15.5 Å². The Labute approximate surface area is 148 Å². The zero-order chi connectivity index (χ0) is 17.6. The molecule has 25 heavy (non-hydrogen) atoms. The molecule has 3 amide bonds. The van der Waals surface area contributed by atoms with Gasteiger partial charge in [0.25, 0.3) is 0 Å². The van der Waals surface area contributed by atoms with Crippen molar-refractivity contribution >= 4 is 17.7 Å². The van der Waals surface area contributed by atoms with Gasteiger partial charge in [0.1, 0.15) is 12.1 Å². The lowest BCUT2D eigenvalue weighted by Gasteiger charge is -2.31. The third kappa shape index (κ3) is 4.38. The molecule has 0 saturated carbocycles. The normalized spacial score (nSPS) is 24.7. The van der Waals surface area contributed by atoms with Gasteiger partial charge in [-0.2, -0.15) is 0 Å². The van der Waals surface area contributed by atoms with Crippen molar-refractivity contribution in [2.75, 3.05) is 13.1 Å². The number of carbonyl (C=O) groups excluding carboxylic acids is 3. The molecule has 0 bridgehead atoms. The van der Waals surface area contributed by atoms with Gasteiger partial charge in [0.15, 0.2) is 0 Å². The van der Waals surface area contributed by atoms with Gasteiger partial charge in [-0.25, -0.2) is 0 Å². The molecule has 2 N–H and O–H groups in total. The van der Waals surface area contributed by atoms with Crippen LogP contribution in [-0.2, 0) is 20.8 Å². The van der Waals surface area contributed by atoms with Crippen LogP contribution in [0.5, 0.6) is 0 Å². The quantitative estimate of drug-likeness (QED) is 0.860. The van der Waals surface area contributed by atoms with Crippen molar-refractivity contribution in [3.63, 3.8) is 0 Å². The molecule has 3 rings (SSSR count). The van der Waals surface area contributed by atoms with Gasteiger partial charge >= 0.3 is 0 Å². The Balaban J connectivity index is 1.80. The molecule has 1 aromatic carbocycles. The van der Waals surface area contributed by atoms with E-state index in [1.807, 2.05) is 30.3 Å². The summed E-state index contributed by atoms with van der Waals surface area (Å²) >= 11 is 0. The molecule has 2 atom stereocenters. The van der Waals surface area contributed by atoms with Crippen molar-refractivity contribution in [2.24, 2.45) is 0 Å². The number of hydrogen-bond donors (Lipinski definition) is 2. The van der Waals surface area contributed by atoms with Crippen molar-refractivity contribution < 1.29 is 14.4 Å². The minimum Gasteiger partial charge on any atom is -0.354 e. The molecule has 1 aromatic rings. The van der Waals surface area contributed by atoms with Crippen LogP contribution in [0.2, 0.25) is 0 Å². The molecule has 0 spiro atoms. The standard InChI is InChI=1S/C19H25N3O3/c23-17-10-5-4-9-15(21-17)19(25)22-12-6-11-20-18(24)16(22)13-14-7-2-1-3-8-14/h1-3,7-8,15-16H,4-6,9-13H2,(H,20,24)(H,21,23)/t15-,16+/m1/s1. The fraction of sp³-hybridized carbons (Fsp3) is 0.526. The Kier molecular flexibility index (Phi) is 5.68. The number of amides is 3. The molecule has 0 radical (unpaired) electrons. The van der Waals surface area contributed by atoms with Crippen LogP contribution in [0.25, 0.3) is 0 Å². The molecule has 6 nitrogen and oxygen atoms in total. The highest BCUT2D eigenvalue weighted by Gasteiger charge is 2.35. The maximum atomic E-state index is 13.1. The largest absolute Gasteiger partial charge is 0.354 e. The molecule has 2 aliphatic heterocycles. The van der Waals surface area contributed by atoms with Crippen molar-refractivity contribution in [3.8, 4) is 0 Å². The van der Waals surface area contributed by atoms with Crippen LogP contribution in [0.15, 0.2) is 30.3 Å². The Hall–Kier alpha value is -2.37. The van der Waals surface area contributed by atoms with Crippen LogP contribution < -0.4 is 10.6 Å². The molecule has 6 heteroatoms. The van der Waals surface area contributed by atoms with Crippen LogP contribution >= 0.6 is 0 Å². The summed E-state index contributed by atoms with van der Waals surface area (Å²) in [6.07, 6.45) is 3.98. The predicted molar refractivity (Wildman–Crippen MR) is 93.7 cm³/mol. The number of nitrogens with zero attached hydrogens (tertiary/aromatic N) is 1. The summed E-state index contributed by atoms with van der Waals surface area (Å²) in [4.78, 5) is 39.1. The number of rotatable bonds is 3. The van der Waals surface area contributed by atoms with Crippen LogP contribution in [0.4, 0.5) is 0 Å². The SMILES string of the molecule is O=C1CCCC[C@H](C(=O)N2CCCNC(=O)[C@@H]2Cc2ccccc2)N1. The molecule has 2 heterocycles.